The molecule has 0 saturated carbocycles. The van der Waals surface area contributed by atoms with Crippen LogP contribution in [-0.2, 0) is 37.5 Å². The topological polar surface area (TPSA) is 172 Å². The summed E-state index contributed by atoms with van der Waals surface area (Å²) >= 11 is 0. The smallest absolute Gasteiger partial charge is 0.472 e. The number of hydrogen-bond donors (Lipinski definition) is 3. The van der Waals surface area contributed by atoms with E-state index in [1.807, 2.05) is 0 Å². The molecule has 0 aromatic carbocycles. The molecule has 0 bridgehead atoms. The molecule has 0 rings (SSSR count). The van der Waals surface area contributed by atoms with Crippen molar-refractivity contribution in [3.63, 3.8) is 0 Å². The summed E-state index contributed by atoms with van der Waals surface area (Å²) in [7, 11) is -4.72. The Morgan fingerprint density at radius 2 is 0.769 bits per heavy atom. The van der Waals surface area contributed by atoms with Gasteiger partial charge in [0.1, 0.15) is 12.6 Å². The Kier molecular flexibility index (Phi) is 47.3. The van der Waals surface area contributed by atoms with Gasteiger partial charge >= 0.3 is 25.7 Å². The summed E-state index contributed by atoms with van der Waals surface area (Å²) in [5.41, 5.74) is 5.36. The molecule has 65 heavy (non-hydrogen) atoms. The molecule has 0 aliphatic carbocycles. The Balaban J connectivity index is 4.16. The summed E-state index contributed by atoms with van der Waals surface area (Å²) in [4.78, 5) is 46.2. The number of phosphoric ester groups is 1. The number of carbonyl (C=O) groups excluding carboxylic acids is 2. The van der Waals surface area contributed by atoms with Gasteiger partial charge in [-0.1, -0.05) is 238 Å². The zero-order valence-electron chi connectivity index (χ0n) is 42.1. The number of rotatable bonds is 52. The van der Waals surface area contributed by atoms with Crippen molar-refractivity contribution in [3.05, 3.63) is 12.2 Å². The molecule has 0 heterocycles. The van der Waals surface area contributed by atoms with Crippen LogP contribution in [0.15, 0.2) is 12.2 Å². The molecule has 0 aromatic rings. The van der Waals surface area contributed by atoms with Crippen LogP contribution >= 0.6 is 7.82 Å². The highest BCUT2D eigenvalue weighted by molar-refractivity contribution is 7.47. The van der Waals surface area contributed by atoms with Crippen molar-refractivity contribution in [3.8, 4) is 0 Å². The molecule has 3 atom stereocenters. The number of carboxylic acid groups (broad SMARTS) is 1. The van der Waals surface area contributed by atoms with E-state index in [1.54, 1.807) is 0 Å². The fourth-order valence-corrected chi connectivity index (χ4v) is 8.78. The van der Waals surface area contributed by atoms with Gasteiger partial charge in [0.05, 0.1) is 13.2 Å². The second kappa shape index (κ2) is 48.7. The summed E-state index contributed by atoms with van der Waals surface area (Å²) in [6, 6.07) is -1.52. The molecule has 384 valence electrons. The van der Waals surface area contributed by atoms with E-state index in [0.29, 0.717) is 12.8 Å². The molecule has 0 aromatic heterocycles. The third-order valence-electron chi connectivity index (χ3n) is 12.3. The first kappa shape index (κ1) is 63.2. The summed E-state index contributed by atoms with van der Waals surface area (Å²) in [6.07, 6.45) is 52.8. The van der Waals surface area contributed by atoms with Gasteiger partial charge in [0, 0.05) is 12.8 Å². The Hall–Kier alpha value is -1.78. The van der Waals surface area contributed by atoms with Crippen molar-refractivity contribution in [1.29, 1.82) is 0 Å². The first-order chi connectivity index (χ1) is 31.6. The maximum Gasteiger partial charge on any atom is 0.472 e. The molecule has 0 radical (unpaired) electrons. The second-order valence-electron chi connectivity index (χ2n) is 18.7. The summed E-state index contributed by atoms with van der Waals surface area (Å²) < 4.78 is 32.9. The van der Waals surface area contributed by atoms with Crippen LogP contribution in [0.3, 0.4) is 0 Å². The Labute approximate surface area is 398 Å². The molecule has 3 unspecified atom stereocenters. The van der Waals surface area contributed by atoms with Crippen LogP contribution in [0.1, 0.15) is 277 Å². The average molecular weight is 944 g/mol. The van der Waals surface area contributed by atoms with Gasteiger partial charge in [-0.15, -0.1) is 0 Å². The summed E-state index contributed by atoms with van der Waals surface area (Å²) in [6.45, 7) is 2.86. The highest BCUT2D eigenvalue weighted by Gasteiger charge is 2.28. The molecule has 0 spiro atoms. The molecular weight excluding hydrogens is 842 g/mol. The van der Waals surface area contributed by atoms with Gasteiger partial charge < -0.3 is 25.2 Å². The second-order valence-corrected chi connectivity index (χ2v) is 20.2. The van der Waals surface area contributed by atoms with Gasteiger partial charge in [-0.3, -0.25) is 23.4 Å². The normalized spacial score (nSPS) is 13.5. The van der Waals surface area contributed by atoms with Crippen molar-refractivity contribution in [2.24, 2.45) is 5.73 Å². The van der Waals surface area contributed by atoms with E-state index in [0.717, 1.165) is 38.5 Å². The molecule has 11 nitrogen and oxygen atoms in total. The number of hydrogen-bond acceptors (Lipinski definition) is 9. The van der Waals surface area contributed by atoms with E-state index in [2.05, 4.69) is 26.0 Å². The van der Waals surface area contributed by atoms with Crippen LogP contribution in [0.2, 0.25) is 0 Å². The lowest BCUT2D eigenvalue weighted by atomic mass is 10.0. The first-order valence-electron chi connectivity index (χ1n) is 27.2. The largest absolute Gasteiger partial charge is 0.480 e. The lowest BCUT2D eigenvalue weighted by Gasteiger charge is -2.20. The fourth-order valence-electron chi connectivity index (χ4n) is 8.00. The number of carbonyl (C=O) groups is 3. The van der Waals surface area contributed by atoms with Crippen LogP contribution in [0, 0.1) is 0 Å². The van der Waals surface area contributed by atoms with E-state index in [-0.39, 0.29) is 19.4 Å². The van der Waals surface area contributed by atoms with Gasteiger partial charge in [-0.2, -0.15) is 0 Å². The number of ether oxygens (including phenoxy) is 2. The maximum absolute atomic E-state index is 12.7. The van der Waals surface area contributed by atoms with Gasteiger partial charge in [-0.05, 0) is 38.5 Å². The number of esters is 2. The number of aliphatic carboxylic acids is 1. The van der Waals surface area contributed by atoms with Gasteiger partial charge in [0.2, 0.25) is 0 Å². The van der Waals surface area contributed by atoms with Crippen molar-refractivity contribution >= 4 is 25.7 Å². The minimum Gasteiger partial charge on any atom is -0.480 e. The highest BCUT2D eigenvalue weighted by atomic mass is 31.2. The van der Waals surface area contributed by atoms with E-state index >= 15 is 0 Å². The number of allylic oxidation sites excluding steroid dienone is 2. The Morgan fingerprint density at radius 1 is 0.462 bits per heavy atom. The monoisotopic (exact) mass is 944 g/mol. The number of nitrogens with two attached hydrogens (primary N) is 1. The van der Waals surface area contributed by atoms with Crippen molar-refractivity contribution in [2.75, 3.05) is 19.8 Å². The maximum atomic E-state index is 12.7. The zero-order chi connectivity index (χ0) is 47.7. The van der Waals surface area contributed by atoms with Crippen molar-refractivity contribution < 1.29 is 47.5 Å². The zero-order valence-corrected chi connectivity index (χ0v) is 43.0. The average Bonchev–Trinajstić information content (AvgIpc) is 3.28. The fraction of sp³-hybridized carbons (Fsp3) is 0.906. The van der Waals surface area contributed by atoms with Crippen LogP contribution in [0.25, 0.3) is 0 Å². The first-order valence-corrected chi connectivity index (χ1v) is 28.7. The Morgan fingerprint density at radius 3 is 1.12 bits per heavy atom. The predicted molar refractivity (Wildman–Crippen MR) is 268 cm³/mol. The third kappa shape index (κ3) is 48.5. The minimum atomic E-state index is -4.72. The Bertz CT molecular complexity index is 1150. The molecule has 0 aliphatic heterocycles. The van der Waals surface area contributed by atoms with E-state index < -0.39 is 51.1 Å². The van der Waals surface area contributed by atoms with Crippen molar-refractivity contribution in [2.45, 2.75) is 289 Å². The highest BCUT2D eigenvalue weighted by Crippen LogP contribution is 2.43. The van der Waals surface area contributed by atoms with Gasteiger partial charge in [0.15, 0.2) is 6.10 Å². The number of unbranched alkanes of at least 4 members (excludes halogenated alkanes) is 36. The number of phosphoric acid groups is 1. The molecule has 0 saturated heterocycles. The molecule has 4 N–H and O–H groups in total. The molecule has 0 fully saturated rings. The predicted octanol–water partition coefficient (Wildman–Crippen LogP) is 15.6. The van der Waals surface area contributed by atoms with Gasteiger partial charge in [0.25, 0.3) is 0 Å². The van der Waals surface area contributed by atoms with E-state index in [9.17, 15) is 23.8 Å². The van der Waals surface area contributed by atoms with Crippen LogP contribution in [0.5, 0.6) is 0 Å². The minimum absolute atomic E-state index is 0.164. The van der Waals surface area contributed by atoms with Gasteiger partial charge in [-0.25, -0.2) is 4.57 Å². The molecule has 0 amide bonds. The lowest BCUT2D eigenvalue weighted by Crippen LogP contribution is -2.34. The molecular formula is C53H102NO10P. The quantitative estimate of drug-likeness (QED) is 0.0229. The van der Waals surface area contributed by atoms with E-state index in [4.69, 9.17) is 29.4 Å². The standard InChI is InChI=1S/C53H102NO10P/c1-3-5-7-9-11-13-15-17-19-21-23-24-25-27-28-30-32-34-36-38-40-42-44-51(55)61-46-49(47-62-65(59,60)63-48-50(54)53(57)58)64-52(56)45-43-41-39-37-35-33-31-29-26-22-20-18-16-14-12-10-8-6-4-2/h18,20,49-50H,3-17,19,21-48,54H2,1-2H3,(H,57,58)(H,59,60)/b20-18-. The third-order valence-corrected chi connectivity index (χ3v) is 13.2. The van der Waals surface area contributed by atoms with Crippen LogP contribution in [-0.4, -0.2) is 59.9 Å². The van der Waals surface area contributed by atoms with Crippen molar-refractivity contribution in [1.82, 2.24) is 0 Å². The molecule has 0 aliphatic rings. The molecule has 12 heteroatoms. The van der Waals surface area contributed by atoms with E-state index in [1.165, 1.54) is 199 Å². The van der Waals surface area contributed by atoms with Crippen LogP contribution in [0.4, 0.5) is 0 Å². The SMILES string of the molecule is CCCCCCCC/C=C\CCCCCCCCCCCC(=O)OC(COC(=O)CCCCCCCCCCCCCCCCCCCCCCCC)COP(=O)(O)OCC(N)C(=O)O. The lowest BCUT2D eigenvalue weighted by molar-refractivity contribution is -0.161. The van der Waals surface area contributed by atoms with Crippen LogP contribution < -0.4 is 5.73 Å². The summed E-state index contributed by atoms with van der Waals surface area (Å²) in [5.74, 6) is -2.36. The summed E-state index contributed by atoms with van der Waals surface area (Å²) in [5, 5.41) is 8.93. The number of carboxylic acids is 1.